The lowest BCUT2D eigenvalue weighted by Crippen LogP contribution is -2.08. The Labute approximate surface area is 169 Å². The Bertz CT molecular complexity index is 1110. The molecule has 0 aromatic heterocycles. The minimum atomic E-state index is -2.94. The molecule has 0 spiro atoms. The summed E-state index contributed by atoms with van der Waals surface area (Å²) in [5.41, 5.74) is 2.22. The van der Waals surface area contributed by atoms with Gasteiger partial charge in [-0.2, -0.15) is 5.26 Å². The van der Waals surface area contributed by atoms with Crippen LogP contribution in [0.2, 0.25) is 0 Å². The number of unbranched alkanes of at least 4 members (excludes halogenated alkanes) is 1. The number of hydrogen-bond donors (Lipinski definition) is 0. The van der Waals surface area contributed by atoms with Crippen molar-refractivity contribution in [3.8, 4) is 17.7 Å². The summed E-state index contributed by atoms with van der Waals surface area (Å²) in [4.78, 5) is 5.09. The van der Waals surface area contributed by atoms with Gasteiger partial charge in [0.1, 0.15) is 23.1 Å². The van der Waals surface area contributed by atoms with Gasteiger partial charge in [0, 0.05) is 47.8 Å². The van der Waals surface area contributed by atoms with E-state index in [9.17, 15) is 13.0 Å². The number of halogens is 2. The largest absolute Gasteiger partial charge is 0.457 e. The molecule has 8 heteroatoms. The molecule has 2 aromatic carbocycles. The number of rotatable bonds is 6. The van der Waals surface area contributed by atoms with Crippen LogP contribution in [0.3, 0.4) is 0 Å². The Hall–Kier alpha value is -2.79. The zero-order valence-corrected chi connectivity index (χ0v) is 17.1. The smallest absolute Gasteiger partial charge is 0.214 e. The Morgan fingerprint density at radius 2 is 1.93 bits per heavy atom. The summed E-state index contributed by atoms with van der Waals surface area (Å²) in [6, 6.07) is 6.16. The Morgan fingerprint density at radius 3 is 2.59 bits per heavy atom. The van der Waals surface area contributed by atoms with Crippen molar-refractivity contribution in [1.82, 2.24) is 0 Å². The van der Waals surface area contributed by atoms with Crippen LogP contribution in [-0.4, -0.2) is 22.7 Å². The average Bonchev–Trinajstić information content (AvgIpc) is 3.05. The molecule has 5 nitrogen and oxygen atoms in total. The number of fused-ring (bicyclic) bond motifs is 1. The van der Waals surface area contributed by atoms with Crippen molar-refractivity contribution in [3.63, 3.8) is 0 Å². The molecule has 0 bridgehead atoms. The first kappa shape index (κ1) is 20.9. The summed E-state index contributed by atoms with van der Waals surface area (Å²) >= 11 is 0. The third-order valence-corrected chi connectivity index (χ3v) is 6.22. The van der Waals surface area contributed by atoms with Gasteiger partial charge >= 0.3 is 0 Å². The lowest BCUT2D eigenvalue weighted by molar-refractivity contribution is 0.463. The van der Waals surface area contributed by atoms with E-state index in [2.05, 4.69) is 16.3 Å². The van der Waals surface area contributed by atoms with Gasteiger partial charge in [-0.3, -0.25) is 4.99 Å². The molecular weight excluding hydrogens is 396 g/mol. The van der Waals surface area contributed by atoms with E-state index in [1.807, 2.05) is 0 Å². The van der Waals surface area contributed by atoms with Crippen LogP contribution in [0.15, 0.2) is 44.6 Å². The van der Waals surface area contributed by atoms with Crippen molar-refractivity contribution in [2.75, 3.05) is 12.8 Å². The predicted molar refractivity (Wildman–Crippen MR) is 108 cm³/mol. The second-order valence-corrected chi connectivity index (χ2v) is 9.03. The predicted octanol–water partition coefficient (Wildman–Crippen LogP) is 5.23. The van der Waals surface area contributed by atoms with Gasteiger partial charge in [-0.15, -0.1) is 4.36 Å². The van der Waals surface area contributed by atoms with Gasteiger partial charge in [0.15, 0.2) is 0 Å². The van der Waals surface area contributed by atoms with Crippen molar-refractivity contribution in [2.45, 2.75) is 37.5 Å². The molecule has 1 aliphatic rings. The van der Waals surface area contributed by atoms with Gasteiger partial charge in [0.05, 0.1) is 14.6 Å². The first-order chi connectivity index (χ1) is 13.9. The first-order valence-electron chi connectivity index (χ1n) is 9.29. The summed E-state index contributed by atoms with van der Waals surface area (Å²) in [5, 5.41) is 8.93. The second-order valence-electron chi connectivity index (χ2n) is 6.80. The van der Waals surface area contributed by atoms with Crippen molar-refractivity contribution in [3.05, 3.63) is 53.1 Å². The third kappa shape index (κ3) is 4.62. The molecule has 0 saturated carbocycles. The molecular formula is C21H21F2N3O2S. The highest BCUT2D eigenvalue weighted by Gasteiger charge is 2.28. The average molecular weight is 417 g/mol. The summed E-state index contributed by atoms with van der Waals surface area (Å²) in [6.07, 6.45) is 6.18. The molecule has 0 heterocycles. The summed E-state index contributed by atoms with van der Waals surface area (Å²) in [6.45, 7) is 2.72. The van der Waals surface area contributed by atoms with E-state index in [0.717, 1.165) is 42.3 Å². The fourth-order valence-corrected chi connectivity index (χ4v) is 4.52. The number of nitrogens with zero attached hydrogens (tertiary/aromatic N) is 3. The highest BCUT2D eigenvalue weighted by atomic mass is 32.2. The maximum absolute atomic E-state index is 13.5. The topological polar surface area (TPSA) is 74.8 Å². The van der Waals surface area contributed by atoms with Crippen LogP contribution in [0.4, 0.5) is 8.78 Å². The number of ether oxygens (including phenoxy) is 1. The summed E-state index contributed by atoms with van der Waals surface area (Å²) in [7, 11) is -2.94. The molecule has 0 saturated heterocycles. The molecule has 0 radical (unpaired) electrons. The van der Waals surface area contributed by atoms with E-state index in [-0.39, 0.29) is 5.75 Å². The van der Waals surface area contributed by atoms with E-state index in [1.165, 1.54) is 6.26 Å². The molecule has 2 aromatic rings. The molecule has 1 unspecified atom stereocenters. The lowest BCUT2D eigenvalue weighted by atomic mass is 10.1. The number of benzene rings is 2. The fourth-order valence-electron chi connectivity index (χ4n) is 3.32. The minimum Gasteiger partial charge on any atom is -0.457 e. The Kier molecular flexibility index (Phi) is 6.28. The van der Waals surface area contributed by atoms with Crippen LogP contribution < -0.4 is 4.74 Å². The van der Waals surface area contributed by atoms with Crippen LogP contribution in [-0.2, 0) is 16.1 Å². The zero-order chi connectivity index (χ0) is 21.0. The van der Waals surface area contributed by atoms with Crippen molar-refractivity contribution in [1.29, 1.82) is 5.26 Å². The standard InChI is InChI=1S/C21H21F2N3O2S/c1-3-4-9-25-18-6-5-17-19(28-16-11-14(22)10-15(23)12-16)7-8-20(21(17)18)29(2,27)26-13-24/h7-8,10-12H,3-6,9H2,1-2H3/b25-18-. The maximum atomic E-state index is 13.5. The van der Waals surface area contributed by atoms with Gasteiger partial charge in [0.25, 0.3) is 0 Å². The van der Waals surface area contributed by atoms with E-state index in [0.29, 0.717) is 35.6 Å². The molecule has 152 valence electrons. The molecule has 0 fully saturated rings. The lowest BCUT2D eigenvalue weighted by Gasteiger charge is -2.15. The highest BCUT2D eigenvalue weighted by Crippen LogP contribution is 2.38. The molecule has 1 aliphatic carbocycles. The van der Waals surface area contributed by atoms with Crippen molar-refractivity contribution >= 4 is 15.4 Å². The minimum absolute atomic E-state index is 0.0350. The number of aliphatic imine (C=N–C) groups is 1. The maximum Gasteiger partial charge on any atom is 0.214 e. The van der Waals surface area contributed by atoms with Crippen LogP contribution in [0.5, 0.6) is 11.5 Å². The SMILES string of the molecule is CCCC/N=C1/CCc2c(Oc3cc(F)cc(F)c3)ccc(S(C)(=O)=NC#N)c21. The van der Waals surface area contributed by atoms with E-state index < -0.39 is 21.4 Å². The highest BCUT2D eigenvalue weighted by molar-refractivity contribution is 7.93. The third-order valence-electron chi connectivity index (χ3n) is 4.63. The van der Waals surface area contributed by atoms with Crippen molar-refractivity contribution < 1.29 is 17.7 Å². The fraction of sp³-hybridized carbons (Fsp3) is 0.333. The quantitative estimate of drug-likeness (QED) is 0.477. The summed E-state index contributed by atoms with van der Waals surface area (Å²) < 4.78 is 49.4. The van der Waals surface area contributed by atoms with Gasteiger partial charge in [-0.25, -0.2) is 13.0 Å². The van der Waals surface area contributed by atoms with E-state index in [4.69, 9.17) is 10.00 Å². The van der Waals surface area contributed by atoms with E-state index in [1.54, 1.807) is 18.3 Å². The molecule has 0 amide bonds. The van der Waals surface area contributed by atoms with Crippen LogP contribution >= 0.6 is 0 Å². The first-order valence-corrected chi connectivity index (χ1v) is 11.2. The molecule has 3 rings (SSSR count). The van der Waals surface area contributed by atoms with Gasteiger partial charge < -0.3 is 4.74 Å². The van der Waals surface area contributed by atoms with Crippen LogP contribution in [0.1, 0.15) is 37.3 Å². The molecule has 0 N–H and O–H groups in total. The normalized spacial score (nSPS) is 16.2. The molecule has 1 atom stereocenters. The Morgan fingerprint density at radius 1 is 1.21 bits per heavy atom. The second kappa shape index (κ2) is 8.70. The molecule has 29 heavy (non-hydrogen) atoms. The monoisotopic (exact) mass is 417 g/mol. The Balaban J connectivity index is 2.13. The zero-order valence-electron chi connectivity index (χ0n) is 16.2. The van der Waals surface area contributed by atoms with Crippen LogP contribution in [0.25, 0.3) is 0 Å². The molecule has 0 aliphatic heterocycles. The van der Waals surface area contributed by atoms with Gasteiger partial charge in [-0.1, -0.05) is 13.3 Å². The number of hydrogen-bond acceptors (Lipinski definition) is 5. The van der Waals surface area contributed by atoms with Gasteiger partial charge in [0.2, 0.25) is 6.19 Å². The number of nitriles is 1. The van der Waals surface area contributed by atoms with Crippen LogP contribution in [0, 0.1) is 23.1 Å². The van der Waals surface area contributed by atoms with Crippen molar-refractivity contribution in [2.24, 2.45) is 9.36 Å². The van der Waals surface area contributed by atoms with E-state index >= 15 is 0 Å². The van der Waals surface area contributed by atoms with Gasteiger partial charge in [-0.05, 0) is 31.4 Å². The summed E-state index contributed by atoms with van der Waals surface area (Å²) in [5.74, 6) is -1.02.